The Morgan fingerprint density at radius 2 is 1.70 bits per heavy atom. The van der Waals surface area contributed by atoms with Crippen molar-refractivity contribution in [1.29, 1.82) is 0 Å². The Hall–Kier alpha value is -3.49. The van der Waals surface area contributed by atoms with Gasteiger partial charge >= 0.3 is 5.97 Å². The number of nitrogens with one attached hydrogen (secondary N) is 3. The lowest BCUT2D eigenvalue weighted by Crippen LogP contribution is -2.47. The number of H-pyrrole nitrogens is 1. The topological polar surface area (TPSA) is 119 Å². The molecule has 0 saturated carbocycles. The van der Waals surface area contributed by atoms with E-state index in [1.54, 1.807) is 38.1 Å². The first-order valence-corrected chi connectivity index (χ1v) is 9.61. The van der Waals surface area contributed by atoms with Gasteiger partial charge in [0.1, 0.15) is 17.2 Å². The molecule has 0 saturated heterocycles. The van der Waals surface area contributed by atoms with E-state index in [1.807, 2.05) is 13.8 Å². The smallest absolute Gasteiger partial charge is 0.339 e. The van der Waals surface area contributed by atoms with Gasteiger partial charge in [-0.15, -0.1) is 0 Å². The SMILES string of the molecule is CCOc1ccc(OC(C)C(=O)NNC(=O)c2[nH]c(CC)c(C(=O)OC)c2C)cc1. The quantitative estimate of drug-likeness (QED) is 0.448. The summed E-state index contributed by atoms with van der Waals surface area (Å²) in [5.74, 6) is -0.457. The first-order valence-electron chi connectivity index (χ1n) is 9.61. The van der Waals surface area contributed by atoms with Crippen molar-refractivity contribution >= 4 is 17.8 Å². The maximum absolute atomic E-state index is 12.5. The fourth-order valence-electron chi connectivity index (χ4n) is 2.85. The number of carbonyl (C=O) groups is 3. The van der Waals surface area contributed by atoms with E-state index >= 15 is 0 Å². The number of amides is 2. The van der Waals surface area contributed by atoms with Crippen molar-refractivity contribution < 1.29 is 28.6 Å². The first kappa shape index (κ1) is 22.8. The van der Waals surface area contributed by atoms with Crippen LogP contribution in [0.25, 0.3) is 0 Å². The summed E-state index contributed by atoms with van der Waals surface area (Å²) in [4.78, 5) is 39.6. The molecule has 30 heavy (non-hydrogen) atoms. The zero-order valence-corrected chi connectivity index (χ0v) is 17.8. The summed E-state index contributed by atoms with van der Waals surface area (Å²) in [7, 11) is 1.28. The minimum atomic E-state index is -0.857. The molecule has 2 rings (SSSR count). The van der Waals surface area contributed by atoms with E-state index in [9.17, 15) is 14.4 Å². The van der Waals surface area contributed by atoms with Crippen molar-refractivity contribution in [2.75, 3.05) is 13.7 Å². The number of carbonyl (C=O) groups excluding carboxylic acids is 3. The predicted octanol–water partition coefficient (Wildman–Crippen LogP) is 2.30. The summed E-state index contributed by atoms with van der Waals surface area (Å²) in [6, 6.07) is 6.86. The number of hydrazine groups is 1. The molecule has 0 radical (unpaired) electrons. The van der Waals surface area contributed by atoms with Crippen molar-refractivity contribution in [3.8, 4) is 11.5 Å². The lowest BCUT2D eigenvalue weighted by atomic mass is 10.1. The normalized spacial score (nSPS) is 11.4. The number of methoxy groups -OCH3 is 1. The third-order valence-corrected chi connectivity index (χ3v) is 4.41. The molecule has 9 nitrogen and oxygen atoms in total. The second-order valence-corrected chi connectivity index (χ2v) is 6.43. The Bertz CT molecular complexity index is 904. The number of esters is 1. The van der Waals surface area contributed by atoms with Crippen LogP contribution in [0.3, 0.4) is 0 Å². The number of rotatable bonds is 8. The number of aromatic amines is 1. The van der Waals surface area contributed by atoms with E-state index in [2.05, 4.69) is 15.8 Å². The van der Waals surface area contributed by atoms with Crippen molar-refractivity contribution in [1.82, 2.24) is 15.8 Å². The molecular weight excluding hydrogens is 390 g/mol. The molecule has 1 heterocycles. The third-order valence-electron chi connectivity index (χ3n) is 4.41. The molecule has 2 amide bonds. The van der Waals surface area contributed by atoms with Crippen LogP contribution < -0.4 is 20.3 Å². The molecule has 0 aliphatic carbocycles. The van der Waals surface area contributed by atoms with Gasteiger partial charge in [-0.2, -0.15) is 0 Å². The fraction of sp³-hybridized carbons (Fsp3) is 0.381. The van der Waals surface area contributed by atoms with Crippen LogP contribution in [-0.2, 0) is 16.0 Å². The molecule has 1 unspecified atom stereocenters. The summed E-state index contributed by atoms with van der Waals surface area (Å²) in [6.07, 6.45) is -0.345. The van der Waals surface area contributed by atoms with Crippen LogP contribution in [0.1, 0.15) is 52.9 Å². The van der Waals surface area contributed by atoms with Crippen LogP contribution in [0.5, 0.6) is 11.5 Å². The van der Waals surface area contributed by atoms with Crippen LogP contribution in [0.4, 0.5) is 0 Å². The maximum atomic E-state index is 12.5. The molecule has 0 bridgehead atoms. The second-order valence-electron chi connectivity index (χ2n) is 6.43. The molecule has 1 aromatic heterocycles. The van der Waals surface area contributed by atoms with Gasteiger partial charge in [-0.05, 0) is 57.0 Å². The monoisotopic (exact) mass is 417 g/mol. The molecule has 1 atom stereocenters. The Balaban J connectivity index is 1.97. The second kappa shape index (κ2) is 10.3. The highest BCUT2D eigenvalue weighted by Crippen LogP contribution is 2.20. The highest BCUT2D eigenvalue weighted by Gasteiger charge is 2.24. The number of ether oxygens (including phenoxy) is 3. The van der Waals surface area contributed by atoms with Crippen LogP contribution in [-0.4, -0.2) is 42.6 Å². The summed E-state index contributed by atoms with van der Waals surface area (Å²) >= 11 is 0. The minimum Gasteiger partial charge on any atom is -0.494 e. The van der Waals surface area contributed by atoms with Gasteiger partial charge in [0.05, 0.1) is 19.3 Å². The van der Waals surface area contributed by atoms with Gasteiger partial charge in [0, 0.05) is 5.69 Å². The van der Waals surface area contributed by atoms with E-state index in [4.69, 9.17) is 14.2 Å². The highest BCUT2D eigenvalue weighted by atomic mass is 16.5. The highest BCUT2D eigenvalue weighted by molar-refractivity contribution is 6.01. The molecule has 0 spiro atoms. The largest absolute Gasteiger partial charge is 0.494 e. The van der Waals surface area contributed by atoms with Gasteiger partial charge in [-0.1, -0.05) is 6.92 Å². The summed E-state index contributed by atoms with van der Waals surface area (Å²) < 4.78 is 15.7. The van der Waals surface area contributed by atoms with Crippen molar-refractivity contribution in [3.05, 3.63) is 46.8 Å². The summed E-state index contributed by atoms with van der Waals surface area (Å²) in [6.45, 7) is 7.48. The zero-order valence-electron chi connectivity index (χ0n) is 17.8. The van der Waals surface area contributed by atoms with Gasteiger partial charge in [0.25, 0.3) is 11.8 Å². The molecule has 2 aromatic rings. The van der Waals surface area contributed by atoms with Gasteiger partial charge in [-0.25, -0.2) is 4.79 Å². The van der Waals surface area contributed by atoms with Crippen molar-refractivity contribution in [2.24, 2.45) is 0 Å². The van der Waals surface area contributed by atoms with Crippen LogP contribution in [0.2, 0.25) is 0 Å². The average Bonchev–Trinajstić information content (AvgIpc) is 3.09. The molecule has 0 fully saturated rings. The summed E-state index contributed by atoms with van der Waals surface area (Å²) in [5, 5.41) is 0. The van der Waals surface area contributed by atoms with Crippen LogP contribution in [0.15, 0.2) is 24.3 Å². The third kappa shape index (κ3) is 5.31. The van der Waals surface area contributed by atoms with E-state index in [1.165, 1.54) is 7.11 Å². The standard InChI is InChI=1S/C21H27N3O6/c1-6-16-17(21(27)28-5)12(3)18(22-16)20(26)24-23-19(25)13(4)30-15-10-8-14(9-11-15)29-7-2/h8-11,13,22H,6-7H2,1-5H3,(H,23,25)(H,24,26). The Labute approximate surface area is 175 Å². The Kier molecular flexibility index (Phi) is 7.85. The van der Waals surface area contributed by atoms with E-state index < -0.39 is 23.9 Å². The Morgan fingerprint density at radius 3 is 2.27 bits per heavy atom. The number of aromatic nitrogens is 1. The predicted molar refractivity (Wildman–Crippen MR) is 110 cm³/mol. The first-order chi connectivity index (χ1) is 14.3. The maximum Gasteiger partial charge on any atom is 0.339 e. The lowest BCUT2D eigenvalue weighted by molar-refractivity contribution is -0.128. The van der Waals surface area contributed by atoms with Gasteiger partial charge in [0.15, 0.2) is 6.10 Å². The Morgan fingerprint density at radius 1 is 1.07 bits per heavy atom. The molecular formula is C21H27N3O6. The zero-order chi connectivity index (χ0) is 22.3. The van der Waals surface area contributed by atoms with Gasteiger partial charge < -0.3 is 19.2 Å². The number of hydrogen-bond donors (Lipinski definition) is 3. The lowest BCUT2D eigenvalue weighted by Gasteiger charge is -2.15. The molecule has 3 N–H and O–H groups in total. The van der Waals surface area contributed by atoms with Crippen molar-refractivity contribution in [3.63, 3.8) is 0 Å². The van der Waals surface area contributed by atoms with Crippen LogP contribution in [0, 0.1) is 6.92 Å². The van der Waals surface area contributed by atoms with E-state index in [-0.39, 0.29) is 5.69 Å². The fourth-order valence-corrected chi connectivity index (χ4v) is 2.85. The van der Waals surface area contributed by atoms with E-state index in [0.717, 1.165) is 0 Å². The molecule has 0 aliphatic heterocycles. The minimum absolute atomic E-state index is 0.174. The molecule has 9 heteroatoms. The van der Waals surface area contributed by atoms with Gasteiger partial charge in [0.2, 0.25) is 0 Å². The van der Waals surface area contributed by atoms with Crippen LogP contribution >= 0.6 is 0 Å². The van der Waals surface area contributed by atoms with Gasteiger partial charge in [-0.3, -0.25) is 20.4 Å². The van der Waals surface area contributed by atoms with E-state index in [0.29, 0.717) is 41.3 Å². The number of aryl methyl sites for hydroxylation is 1. The molecule has 162 valence electrons. The van der Waals surface area contributed by atoms with Crippen molar-refractivity contribution in [2.45, 2.75) is 40.2 Å². The molecule has 1 aromatic carbocycles. The number of benzene rings is 1. The molecule has 0 aliphatic rings. The average molecular weight is 417 g/mol. The summed E-state index contributed by atoms with van der Waals surface area (Å²) in [5.41, 5.74) is 6.19. The number of hydrogen-bond acceptors (Lipinski definition) is 6.